The minimum Gasteiger partial charge on any atom is -0.508 e. The van der Waals surface area contributed by atoms with Gasteiger partial charge in [0, 0.05) is 5.92 Å². The number of rotatable bonds is 1. The number of allylic oxidation sites excluding steroid dienone is 2. The first-order valence-corrected chi connectivity index (χ1v) is 5.92. The molecule has 0 radical (unpaired) electrons. The number of hydrogen-bond donors (Lipinski definition) is 1. The summed E-state index contributed by atoms with van der Waals surface area (Å²) in [5, 5.41) is 9.29. The van der Waals surface area contributed by atoms with E-state index in [9.17, 15) is 5.11 Å². The Morgan fingerprint density at radius 3 is 2.38 bits per heavy atom. The molecule has 0 saturated carbocycles. The summed E-state index contributed by atoms with van der Waals surface area (Å²) in [5.41, 5.74) is 3.18. The fourth-order valence-corrected chi connectivity index (χ4v) is 2.82. The van der Waals surface area contributed by atoms with Crippen LogP contribution < -0.4 is 0 Å². The Bertz CT molecular complexity index is 398. The number of aromatic hydroxyl groups is 1. The molecule has 1 aliphatic rings. The molecule has 86 valence electrons. The molecule has 1 nitrogen and oxygen atoms in total. The van der Waals surface area contributed by atoms with Gasteiger partial charge in [-0.05, 0) is 42.9 Å². The molecule has 1 aliphatic carbocycles. The number of benzene rings is 1. The standard InChI is InChI=1S/C15H20O/c1-11-8-13(10-15(2,3)9-11)12-4-6-14(16)7-5-12/h4-8,13,16H,9-10H2,1-3H3. The minimum absolute atomic E-state index is 0.347. The van der Waals surface area contributed by atoms with Crippen LogP contribution in [0.5, 0.6) is 5.75 Å². The fourth-order valence-electron chi connectivity index (χ4n) is 2.82. The SMILES string of the molecule is CC1=CC(c2ccc(O)cc2)CC(C)(C)C1. The third-order valence-corrected chi connectivity index (χ3v) is 3.34. The predicted octanol–water partition coefficient (Wildman–Crippen LogP) is 4.24. The smallest absolute Gasteiger partial charge is 0.115 e. The van der Waals surface area contributed by atoms with Crippen LogP contribution in [0.3, 0.4) is 0 Å². The molecule has 0 fully saturated rings. The zero-order valence-electron chi connectivity index (χ0n) is 10.3. The van der Waals surface area contributed by atoms with Gasteiger partial charge in [-0.25, -0.2) is 0 Å². The van der Waals surface area contributed by atoms with Crippen molar-refractivity contribution in [2.75, 3.05) is 0 Å². The maximum atomic E-state index is 9.29. The van der Waals surface area contributed by atoms with E-state index in [4.69, 9.17) is 0 Å². The van der Waals surface area contributed by atoms with E-state index in [2.05, 4.69) is 26.8 Å². The van der Waals surface area contributed by atoms with Crippen molar-refractivity contribution in [1.29, 1.82) is 0 Å². The van der Waals surface area contributed by atoms with Crippen LogP contribution in [0.15, 0.2) is 35.9 Å². The molecule has 0 spiro atoms. The van der Waals surface area contributed by atoms with Gasteiger partial charge in [0.25, 0.3) is 0 Å². The van der Waals surface area contributed by atoms with Crippen molar-refractivity contribution in [3.63, 3.8) is 0 Å². The minimum atomic E-state index is 0.347. The highest BCUT2D eigenvalue weighted by atomic mass is 16.3. The van der Waals surface area contributed by atoms with Crippen LogP contribution in [-0.4, -0.2) is 5.11 Å². The Hall–Kier alpha value is -1.24. The third kappa shape index (κ3) is 2.46. The highest BCUT2D eigenvalue weighted by Gasteiger charge is 2.27. The quantitative estimate of drug-likeness (QED) is 0.696. The summed E-state index contributed by atoms with van der Waals surface area (Å²) in [6.07, 6.45) is 4.76. The van der Waals surface area contributed by atoms with E-state index in [0.29, 0.717) is 17.1 Å². The molecule has 1 unspecified atom stereocenters. The second kappa shape index (κ2) is 3.97. The summed E-state index contributed by atoms with van der Waals surface area (Å²) < 4.78 is 0. The highest BCUT2D eigenvalue weighted by molar-refractivity contribution is 5.32. The van der Waals surface area contributed by atoms with E-state index in [1.54, 1.807) is 12.1 Å². The van der Waals surface area contributed by atoms with Gasteiger partial charge in [-0.2, -0.15) is 0 Å². The fraction of sp³-hybridized carbons (Fsp3) is 0.467. The Morgan fingerprint density at radius 1 is 1.19 bits per heavy atom. The van der Waals surface area contributed by atoms with Gasteiger partial charge in [0.2, 0.25) is 0 Å². The van der Waals surface area contributed by atoms with Crippen molar-refractivity contribution < 1.29 is 5.11 Å². The van der Waals surface area contributed by atoms with Crippen molar-refractivity contribution >= 4 is 0 Å². The molecule has 1 atom stereocenters. The van der Waals surface area contributed by atoms with E-state index < -0.39 is 0 Å². The van der Waals surface area contributed by atoms with Gasteiger partial charge in [0.1, 0.15) is 5.75 Å². The number of phenols is 1. The molecule has 16 heavy (non-hydrogen) atoms. The molecule has 1 aromatic carbocycles. The average molecular weight is 216 g/mol. The summed E-state index contributed by atoms with van der Waals surface area (Å²) in [5.74, 6) is 0.851. The van der Waals surface area contributed by atoms with Gasteiger partial charge in [-0.1, -0.05) is 37.6 Å². The molecule has 1 heteroatoms. The third-order valence-electron chi connectivity index (χ3n) is 3.34. The molecule has 0 aromatic heterocycles. The van der Waals surface area contributed by atoms with E-state index >= 15 is 0 Å². The van der Waals surface area contributed by atoms with Crippen LogP contribution in [0, 0.1) is 5.41 Å². The lowest BCUT2D eigenvalue weighted by Crippen LogP contribution is -2.20. The first kappa shape index (κ1) is 11.3. The van der Waals surface area contributed by atoms with Gasteiger partial charge in [0.15, 0.2) is 0 Å². The Morgan fingerprint density at radius 2 is 1.81 bits per heavy atom. The second-order valence-corrected chi connectivity index (χ2v) is 5.76. The van der Waals surface area contributed by atoms with Gasteiger partial charge >= 0.3 is 0 Å². The van der Waals surface area contributed by atoms with Crippen LogP contribution in [-0.2, 0) is 0 Å². The lowest BCUT2D eigenvalue weighted by molar-refractivity contribution is 0.301. The van der Waals surface area contributed by atoms with Crippen LogP contribution in [0.4, 0.5) is 0 Å². The van der Waals surface area contributed by atoms with Crippen molar-refractivity contribution in [1.82, 2.24) is 0 Å². The molecular formula is C15H20O. The topological polar surface area (TPSA) is 20.2 Å². The molecule has 1 aromatic rings. The summed E-state index contributed by atoms with van der Waals surface area (Å²) >= 11 is 0. The summed E-state index contributed by atoms with van der Waals surface area (Å²) in [4.78, 5) is 0. The predicted molar refractivity (Wildman–Crippen MR) is 67.6 cm³/mol. The maximum Gasteiger partial charge on any atom is 0.115 e. The molecular weight excluding hydrogens is 196 g/mol. The van der Waals surface area contributed by atoms with Crippen molar-refractivity contribution in [3.05, 3.63) is 41.5 Å². The monoisotopic (exact) mass is 216 g/mol. The largest absolute Gasteiger partial charge is 0.508 e. The molecule has 0 saturated heterocycles. The van der Waals surface area contributed by atoms with Crippen LogP contribution in [0.1, 0.15) is 45.1 Å². The lowest BCUT2D eigenvalue weighted by atomic mass is 9.71. The Balaban J connectivity index is 2.28. The average Bonchev–Trinajstić information content (AvgIpc) is 2.15. The lowest BCUT2D eigenvalue weighted by Gasteiger charge is -2.34. The molecule has 0 aliphatic heterocycles. The van der Waals surface area contributed by atoms with Gasteiger partial charge in [0.05, 0.1) is 0 Å². The summed E-state index contributed by atoms with van der Waals surface area (Å²) in [6, 6.07) is 7.62. The zero-order chi connectivity index (χ0) is 11.8. The van der Waals surface area contributed by atoms with Crippen LogP contribution in [0.25, 0.3) is 0 Å². The summed E-state index contributed by atoms with van der Waals surface area (Å²) in [6.45, 7) is 6.88. The van der Waals surface area contributed by atoms with Gasteiger partial charge in [-0.3, -0.25) is 0 Å². The maximum absolute atomic E-state index is 9.29. The van der Waals surface area contributed by atoms with Crippen molar-refractivity contribution in [2.45, 2.75) is 39.5 Å². The van der Waals surface area contributed by atoms with Gasteiger partial charge < -0.3 is 5.11 Å². The second-order valence-electron chi connectivity index (χ2n) is 5.76. The van der Waals surface area contributed by atoms with Crippen molar-refractivity contribution in [3.8, 4) is 5.75 Å². The number of hydrogen-bond acceptors (Lipinski definition) is 1. The normalized spacial score (nSPS) is 23.9. The zero-order valence-corrected chi connectivity index (χ0v) is 10.3. The molecule has 0 bridgehead atoms. The van der Waals surface area contributed by atoms with Crippen molar-refractivity contribution in [2.24, 2.45) is 5.41 Å². The first-order valence-electron chi connectivity index (χ1n) is 5.92. The highest BCUT2D eigenvalue weighted by Crippen LogP contribution is 2.42. The van der Waals surface area contributed by atoms with E-state index in [1.165, 1.54) is 24.0 Å². The first-order chi connectivity index (χ1) is 7.46. The van der Waals surface area contributed by atoms with E-state index in [-0.39, 0.29) is 0 Å². The number of phenolic OH excluding ortho intramolecular Hbond substituents is 1. The molecule has 0 amide bonds. The van der Waals surface area contributed by atoms with E-state index in [0.717, 1.165) is 0 Å². The summed E-state index contributed by atoms with van der Waals surface area (Å²) in [7, 11) is 0. The van der Waals surface area contributed by atoms with Crippen LogP contribution >= 0.6 is 0 Å². The van der Waals surface area contributed by atoms with Gasteiger partial charge in [-0.15, -0.1) is 0 Å². The van der Waals surface area contributed by atoms with E-state index in [1.807, 2.05) is 12.1 Å². The Labute approximate surface area is 97.8 Å². The van der Waals surface area contributed by atoms with Crippen LogP contribution in [0.2, 0.25) is 0 Å². The Kier molecular flexibility index (Phi) is 2.79. The molecule has 2 rings (SSSR count). The molecule has 1 N–H and O–H groups in total. The molecule has 0 heterocycles.